The van der Waals surface area contributed by atoms with E-state index < -0.39 is 115 Å². The zero-order valence-electron chi connectivity index (χ0n) is 38.3. The van der Waals surface area contributed by atoms with Crippen molar-refractivity contribution in [3.05, 3.63) is 12.2 Å². The third kappa shape index (κ3) is 8.49. The van der Waals surface area contributed by atoms with Gasteiger partial charge in [-0.15, -0.1) is 0 Å². The Morgan fingerprint density at radius 2 is 1.34 bits per heavy atom. The number of hydrogen-bond donors (Lipinski definition) is 10. The van der Waals surface area contributed by atoms with Gasteiger partial charge >= 0.3 is 0 Å². The summed E-state index contributed by atoms with van der Waals surface area (Å²) in [4.78, 5) is 18.5. The van der Waals surface area contributed by atoms with Crippen LogP contribution in [-0.2, 0) is 38.1 Å². The second kappa shape index (κ2) is 18.6. The molecule has 10 N–H and O–H groups in total. The monoisotopic (exact) mass is 917 g/mol. The summed E-state index contributed by atoms with van der Waals surface area (Å²) in [6.45, 7) is 12.6. The molecule has 7 fully saturated rings. The lowest BCUT2D eigenvalue weighted by Crippen LogP contribution is -2.67. The Bertz CT molecular complexity index is 1650. The first-order valence-corrected chi connectivity index (χ1v) is 23.4. The van der Waals surface area contributed by atoms with E-state index in [1.807, 2.05) is 0 Å². The largest absolute Gasteiger partial charge is 0.393 e. The Labute approximate surface area is 375 Å². The number of carbonyl (C=O) groups is 1. The molecule has 0 amide bonds. The van der Waals surface area contributed by atoms with Crippen LogP contribution >= 0.6 is 0 Å². The van der Waals surface area contributed by atoms with Gasteiger partial charge in [0.05, 0.1) is 37.6 Å². The molecule has 7 rings (SSSR count). The minimum Gasteiger partial charge on any atom is -0.393 e. The highest BCUT2D eigenvalue weighted by Gasteiger charge is 2.71. The molecule has 22 atom stereocenters. The number of rotatable bonds is 13. The van der Waals surface area contributed by atoms with Gasteiger partial charge in [0.15, 0.2) is 18.9 Å². The van der Waals surface area contributed by atoms with Crippen LogP contribution in [0.1, 0.15) is 106 Å². The van der Waals surface area contributed by atoms with Gasteiger partial charge in [0.25, 0.3) is 0 Å². The van der Waals surface area contributed by atoms with Crippen molar-refractivity contribution in [2.24, 2.45) is 45.3 Å². The lowest BCUT2D eigenvalue weighted by molar-refractivity contribution is -0.383. The lowest BCUT2D eigenvalue weighted by Gasteiger charge is -2.69. The van der Waals surface area contributed by atoms with Crippen LogP contribution in [-0.4, -0.2) is 175 Å². The SMILES string of the molecule is C[C@@H]1O[C@@H](O[C@H]2[C@H](O[C@H]3CC[C@]4(C=O)[C@H]5CC[C@@H]6[C@@H]([C@](O)(CO)C/C=C/C(C)(C)OO)CC[C@@]6(C)[C@]5(C)CC[C@H]4C3(C)C)OC[C@H](O)[C@@H]2O[C@@H]2OC[C@@H](O)[C@H](O)[C@H]2O)[C@H](O)[C@H](O)[C@H]1O. The Hall–Kier alpha value is -1.27. The molecule has 18 nitrogen and oxygen atoms in total. The third-order valence-corrected chi connectivity index (χ3v) is 17.9. The molecule has 0 bridgehead atoms. The number of aliphatic hydroxyl groups is 9. The first-order chi connectivity index (χ1) is 29.9. The van der Waals surface area contributed by atoms with Gasteiger partial charge in [-0.25, -0.2) is 4.89 Å². The molecule has 0 aromatic carbocycles. The fraction of sp³-hybridized carbons (Fsp3) is 0.935. The minimum absolute atomic E-state index is 0.0283. The predicted molar refractivity (Wildman–Crippen MR) is 223 cm³/mol. The van der Waals surface area contributed by atoms with Crippen molar-refractivity contribution in [3.63, 3.8) is 0 Å². The van der Waals surface area contributed by atoms with E-state index in [1.165, 1.54) is 13.2 Å². The highest BCUT2D eigenvalue weighted by Crippen LogP contribution is 2.75. The zero-order chi connectivity index (χ0) is 46.9. The molecule has 0 radical (unpaired) electrons. The van der Waals surface area contributed by atoms with Gasteiger partial charge in [0.2, 0.25) is 0 Å². The van der Waals surface area contributed by atoms with E-state index in [0.29, 0.717) is 12.8 Å². The summed E-state index contributed by atoms with van der Waals surface area (Å²) < 4.78 is 36.7. The third-order valence-electron chi connectivity index (χ3n) is 17.9. The van der Waals surface area contributed by atoms with Crippen molar-refractivity contribution in [2.45, 2.75) is 203 Å². The van der Waals surface area contributed by atoms with Crippen LogP contribution in [0.25, 0.3) is 0 Å². The smallest absolute Gasteiger partial charge is 0.187 e. The molecule has 7 aliphatic rings. The second-order valence-corrected chi connectivity index (χ2v) is 22.0. The summed E-state index contributed by atoms with van der Waals surface area (Å²) in [6, 6.07) is 0. The van der Waals surface area contributed by atoms with Gasteiger partial charge in [-0.2, -0.15) is 0 Å². The molecule has 368 valence electrons. The Balaban J connectivity index is 1.13. The molecule has 64 heavy (non-hydrogen) atoms. The summed E-state index contributed by atoms with van der Waals surface area (Å²) in [5, 5.41) is 107. The predicted octanol–water partition coefficient (Wildman–Crippen LogP) is 0.928. The first-order valence-electron chi connectivity index (χ1n) is 23.4. The molecule has 0 aromatic heterocycles. The lowest BCUT2D eigenvalue weighted by atomic mass is 9.35. The van der Waals surface area contributed by atoms with E-state index in [-0.39, 0.29) is 54.1 Å². The Morgan fingerprint density at radius 1 is 0.703 bits per heavy atom. The van der Waals surface area contributed by atoms with Crippen LogP contribution in [0, 0.1) is 45.3 Å². The number of fused-ring (bicyclic) bond motifs is 5. The normalized spacial score (nSPS) is 50.6. The molecule has 0 spiro atoms. The molecule has 0 unspecified atom stereocenters. The van der Waals surface area contributed by atoms with Crippen molar-refractivity contribution in [1.82, 2.24) is 0 Å². The van der Waals surface area contributed by atoms with Crippen LogP contribution in [0.4, 0.5) is 0 Å². The molecule has 3 saturated heterocycles. The van der Waals surface area contributed by atoms with Crippen molar-refractivity contribution < 1.29 is 89.3 Å². The molecular formula is C46H76O18. The van der Waals surface area contributed by atoms with Crippen molar-refractivity contribution in [3.8, 4) is 0 Å². The van der Waals surface area contributed by atoms with Gasteiger partial charge in [-0.05, 0) is 118 Å². The molecule has 3 aliphatic heterocycles. The van der Waals surface area contributed by atoms with Crippen LogP contribution in [0.2, 0.25) is 0 Å². The number of aliphatic hydroxyl groups excluding tert-OH is 8. The van der Waals surface area contributed by atoms with Gasteiger partial charge in [-0.1, -0.05) is 39.8 Å². The number of carbonyl (C=O) groups excluding carboxylic acids is 1. The van der Waals surface area contributed by atoms with E-state index in [9.17, 15) is 56.0 Å². The zero-order valence-corrected chi connectivity index (χ0v) is 38.3. The van der Waals surface area contributed by atoms with Crippen molar-refractivity contribution in [1.29, 1.82) is 0 Å². The average Bonchev–Trinajstić information content (AvgIpc) is 3.63. The van der Waals surface area contributed by atoms with E-state index >= 15 is 0 Å². The van der Waals surface area contributed by atoms with Crippen LogP contribution in [0.5, 0.6) is 0 Å². The van der Waals surface area contributed by atoms with Gasteiger partial charge in [0, 0.05) is 5.41 Å². The van der Waals surface area contributed by atoms with E-state index in [4.69, 9.17) is 28.4 Å². The minimum atomic E-state index is -1.74. The quantitative estimate of drug-likeness (QED) is 0.0404. The molecule has 0 aromatic rings. The first kappa shape index (κ1) is 50.6. The van der Waals surface area contributed by atoms with Gasteiger partial charge < -0.3 is 79.2 Å². The fourth-order valence-electron chi connectivity index (χ4n) is 13.9. The summed E-state index contributed by atoms with van der Waals surface area (Å²) in [6.07, 6.45) is -9.15. The number of hydrogen-bond acceptors (Lipinski definition) is 18. The maximum Gasteiger partial charge on any atom is 0.187 e. The van der Waals surface area contributed by atoms with Gasteiger partial charge in [-0.3, -0.25) is 5.26 Å². The summed E-state index contributed by atoms with van der Waals surface area (Å²) >= 11 is 0. The van der Waals surface area contributed by atoms with Gasteiger partial charge in [0.1, 0.15) is 66.8 Å². The summed E-state index contributed by atoms with van der Waals surface area (Å²) in [5.74, 6) is -0.163. The maximum absolute atomic E-state index is 13.9. The van der Waals surface area contributed by atoms with Crippen LogP contribution in [0.15, 0.2) is 12.2 Å². The van der Waals surface area contributed by atoms with E-state index in [2.05, 4.69) is 32.6 Å². The Kier molecular flexibility index (Phi) is 14.7. The van der Waals surface area contributed by atoms with Crippen LogP contribution in [0.3, 0.4) is 0 Å². The second-order valence-electron chi connectivity index (χ2n) is 22.0. The molecule has 18 heteroatoms. The summed E-state index contributed by atoms with van der Waals surface area (Å²) in [7, 11) is 0. The highest BCUT2D eigenvalue weighted by atomic mass is 17.1. The highest BCUT2D eigenvalue weighted by molar-refractivity contribution is 5.62. The Morgan fingerprint density at radius 3 is 2.02 bits per heavy atom. The number of ether oxygens (including phenoxy) is 6. The maximum atomic E-state index is 13.9. The number of aldehydes is 1. The van der Waals surface area contributed by atoms with E-state index in [0.717, 1.165) is 38.5 Å². The molecule has 4 saturated carbocycles. The van der Waals surface area contributed by atoms with Crippen molar-refractivity contribution >= 4 is 6.29 Å². The van der Waals surface area contributed by atoms with E-state index in [1.54, 1.807) is 26.0 Å². The molecular weight excluding hydrogens is 840 g/mol. The molecule has 4 aliphatic carbocycles. The molecule has 3 heterocycles. The average molecular weight is 917 g/mol. The fourth-order valence-corrected chi connectivity index (χ4v) is 13.9. The van der Waals surface area contributed by atoms with Crippen LogP contribution < -0.4 is 0 Å². The van der Waals surface area contributed by atoms with Crippen molar-refractivity contribution in [2.75, 3.05) is 19.8 Å². The summed E-state index contributed by atoms with van der Waals surface area (Å²) in [5.41, 5.74) is -4.15. The standard InChI is InChI=1S/C46H76O18/c1-23-31(51)33(53)35(55)39(60-23)63-37-36(62-38-34(54)32(52)26(49)19-58-38)27(50)20-59-40(37)61-30-13-18-45(21-47)28(42(30,4)5)12-17-44(7)29(45)10-9-24-25(11-16-43(24,44)6)46(56,22-48)15-8-14-41(2,3)64-57/h8,14,21,23-40,48-57H,9-13,15-20,22H2,1-7H3/b14-8+/t23-,24+,25-,26+,27-,28-,29-,30-,31-,32-,33+,34+,35+,36-,37+,38-,39-,40-,43+,44+,45+,46+/m0/s1. The topological polar surface area (TPSA) is 284 Å².